The number of benzene rings is 2. The van der Waals surface area contributed by atoms with Gasteiger partial charge in [0, 0.05) is 5.69 Å². The summed E-state index contributed by atoms with van der Waals surface area (Å²) in [4.78, 5) is 23.8. The van der Waals surface area contributed by atoms with Crippen molar-refractivity contribution in [3.63, 3.8) is 0 Å². The van der Waals surface area contributed by atoms with E-state index in [0.717, 1.165) is 22.9 Å². The summed E-state index contributed by atoms with van der Waals surface area (Å²) in [5.41, 5.74) is -0.621. The molecular formula is C22H19ClN8O8S2. The van der Waals surface area contributed by atoms with Gasteiger partial charge in [-0.1, -0.05) is 12.7 Å². The smallest absolute Gasteiger partial charge is 0.322 e. The number of aromatic nitrogens is 5. The summed E-state index contributed by atoms with van der Waals surface area (Å²) < 4.78 is 71.6. The van der Waals surface area contributed by atoms with Crippen LogP contribution in [-0.4, -0.2) is 57.3 Å². The van der Waals surface area contributed by atoms with Gasteiger partial charge in [0.05, 0.1) is 16.3 Å². The Bertz CT molecular complexity index is 1940. The first-order valence-electron chi connectivity index (χ1n) is 11.1. The molecule has 0 amide bonds. The fourth-order valence-electron chi connectivity index (χ4n) is 3.31. The number of rotatable bonds is 10. The van der Waals surface area contributed by atoms with Crippen molar-refractivity contribution in [3.05, 3.63) is 76.5 Å². The fraction of sp³-hybridized carbons (Fsp3) is 0.0909. The van der Waals surface area contributed by atoms with Crippen LogP contribution in [0.5, 0.6) is 6.01 Å². The summed E-state index contributed by atoms with van der Waals surface area (Å²) in [5, 5.41) is 13.1. The highest BCUT2D eigenvalue weighted by atomic mass is 35.5. The Morgan fingerprint density at radius 2 is 1.78 bits per heavy atom. The van der Waals surface area contributed by atoms with E-state index in [1.54, 1.807) is 0 Å². The lowest BCUT2D eigenvalue weighted by atomic mass is 10.3. The molecule has 2 heterocycles. The highest BCUT2D eigenvalue weighted by Gasteiger charge is 2.19. The van der Waals surface area contributed by atoms with Crippen molar-refractivity contribution < 1.29 is 30.7 Å². The van der Waals surface area contributed by atoms with Crippen molar-refractivity contribution in [2.75, 3.05) is 11.9 Å². The second kappa shape index (κ2) is 11.6. The van der Waals surface area contributed by atoms with Gasteiger partial charge in [-0.15, -0.1) is 10.2 Å². The topological polar surface area (TPSA) is 231 Å². The molecule has 2 aromatic carbocycles. The molecule has 0 aliphatic rings. The van der Waals surface area contributed by atoms with Gasteiger partial charge in [0.25, 0.3) is 25.8 Å². The molecule has 0 spiro atoms. The monoisotopic (exact) mass is 622 g/mol. The number of ether oxygens (including phenoxy) is 1. The lowest BCUT2D eigenvalue weighted by Crippen LogP contribution is -2.14. The van der Waals surface area contributed by atoms with Crippen molar-refractivity contribution >= 4 is 54.8 Å². The third-order valence-corrected chi connectivity index (χ3v) is 7.04. The molecule has 0 saturated heterocycles. The van der Waals surface area contributed by atoms with Gasteiger partial charge in [-0.25, -0.2) is 4.68 Å². The zero-order valence-corrected chi connectivity index (χ0v) is 23.1. The van der Waals surface area contributed by atoms with E-state index in [1.165, 1.54) is 37.3 Å². The Labute approximate surface area is 236 Å². The minimum absolute atomic E-state index is 0.0593. The Morgan fingerprint density at radius 1 is 1.07 bits per heavy atom. The molecule has 0 unspecified atom stereocenters. The van der Waals surface area contributed by atoms with Crippen LogP contribution in [0.2, 0.25) is 5.28 Å². The predicted molar refractivity (Wildman–Crippen MR) is 145 cm³/mol. The Kier molecular flexibility index (Phi) is 8.31. The molecule has 4 aromatic rings. The van der Waals surface area contributed by atoms with Crippen molar-refractivity contribution in [1.82, 2.24) is 24.7 Å². The third kappa shape index (κ3) is 6.99. The first kappa shape index (κ1) is 29.5. The van der Waals surface area contributed by atoms with E-state index in [1.807, 2.05) is 0 Å². The predicted octanol–water partition coefficient (Wildman–Crippen LogP) is 3.53. The van der Waals surface area contributed by atoms with Crippen LogP contribution in [0.15, 0.2) is 79.9 Å². The number of nitrogens with zero attached hydrogens (tertiary/aromatic N) is 6. The van der Waals surface area contributed by atoms with E-state index < -0.39 is 30.7 Å². The normalized spacial score (nSPS) is 12.0. The molecule has 0 radical (unpaired) electrons. The quantitative estimate of drug-likeness (QED) is 0.113. The van der Waals surface area contributed by atoms with Crippen LogP contribution in [0.3, 0.4) is 0 Å². The number of hydrogen-bond donors (Lipinski definition) is 4. The Morgan fingerprint density at radius 3 is 2.41 bits per heavy atom. The maximum atomic E-state index is 13.0. The molecule has 0 saturated carbocycles. The van der Waals surface area contributed by atoms with E-state index in [4.69, 9.17) is 20.9 Å². The highest BCUT2D eigenvalue weighted by molar-refractivity contribution is 7.86. The zero-order chi connectivity index (χ0) is 29.9. The van der Waals surface area contributed by atoms with Gasteiger partial charge in [0.1, 0.15) is 17.2 Å². The summed E-state index contributed by atoms with van der Waals surface area (Å²) in [7, 11) is -9.19. The molecular weight excluding hydrogens is 604 g/mol. The molecule has 0 fully saturated rings. The van der Waals surface area contributed by atoms with Crippen LogP contribution in [0.25, 0.3) is 5.69 Å². The molecule has 2 aromatic heterocycles. The zero-order valence-electron chi connectivity index (χ0n) is 20.8. The lowest BCUT2D eigenvalue weighted by molar-refractivity contribution is 0.332. The van der Waals surface area contributed by atoms with Crippen molar-refractivity contribution in [2.45, 2.75) is 16.7 Å². The Hall–Kier alpha value is -4.49. The number of aromatic amines is 1. The molecule has 214 valence electrons. The molecule has 0 atom stereocenters. The van der Waals surface area contributed by atoms with Crippen LogP contribution in [0.4, 0.5) is 23.0 Å². The SMILES string of the molecule is C=CCOc1nc(Cl)nc(Nc2ccc(S(=O)(=O)O)c(N=Nc3c(C)[nH]n(-c4ccc(S(=O)(=O)O)cc4)c3=O)c2)n1. The van der Waals surface area contributed by atoms with Crippen molar-refractivity contribution in [1.29, 1.82) is 0 Å². The number of azo groups is 1. The van der Waals surface area contributed by atoms with Gasteiger partial charge in [-0.05, 0) is 61.0 Å². The van der Waals surface area contributed by atoms with Crippen LogP contribution < -0.4 is 15.6 Å². The highest BCUT2D eigenvalue weighted by Crippen LogP contribution is 2.31. The minimum Gasteiger partial charge on any atom is -0.459 e. The van der Waals surface area contributed by atoms with Gasteiger partial charge in [-0.3, -0.25) is 19.0 Å². The average molecular weight is 623 g/mol. The average Bonchev–Trinajstić information content (AvgIpc) is 3.17. The number of halogens is 1. The van der Waals surface area contributed by atoms with Gasteiger partial charge >= 0.3 is 6.01 Å². The minimum atomic E-state index is -4.76. The first-order chi connectivity index (χ1) is 19.3. The molecule has 0 bridgehead atoms. The van der Waals surface area contributed by atoms with E-state index >= 15 is 0 Å². The fourth-order valence-corrected chi connectivity index (χ4v) is 4.55. The van der Waals surface area contributed by atoms with Gasteiger partial charge < -0.3 is 10.1 Å². The summed E-state index contributed by atoms with van der Waals surface area (Å²) in [6.07, 6.45) is 1.47. The van der Waals surface area contributed by atoms with Crippen LogP contribution in [-0.2, 0) is 20.2 Å². The number of anilines is 2. The molecule has 41 heavy (non-hydrogen) atoms. The van der Waals surface area contributed by atoms with Crippen molar-refractivity contribution in [3.8, 4) is 11.7 Å². The maximum Gasteiger partial charge on any atom is 0.322 e. The number of hydrogen-bond acceptors (Lipinski definition) is 12. The van der Waals surface area contributed by atoms with Crippen LogP contribution in [0, 0.1) is 6.92 Å². The molecule has 0 aliphatic carbocycles. The third-order valence-electron chi connectivity index (χ3n) is 5.10. The van der Waals surface area contributed by atoms with Gasteiger partial charge in [0.2, 0.25) is 11.2 Å². The number of nitrogens with one attached hydrogen (secondary N) is 2. The maximum absolute atomic E-state index is 13.0. The standard InChI is InChI=1S/C22H19ClN8O8S2/c1-3-10-39-22-26-20(23)25-21(27-22)24-13-4-9-17(41(36,37)38)16(11-13)28-29-18-12(2)30-31(19(18)32)14-5-7-15(8-6-14)40(33,34)35/h3-9,11,30H,1,10H2,2H3,(H,33,34,35)(H,36,37,38)(H,24,25,26,27). The van der Waals surface area contributed by atoms with E-state index in [0.29, 0.717) is 0 Å². The molecule has 4 rings (SSSR count). The van der Waals surface area contributed by atoms with E-state index in [-0.39, 0.29) is 57.2 Å². The lowest BCUT2D eigenvalue weighted by Gasteiger charge is -2.09. The Balaban J connectivity index is 1.69. The van der Waals surface area contributed by atoms with Crippen molar-refractivity contribution in [2.24, 2.45) is 10.2 Å². The summed E-state index contributed by atoms with van der Waals surface area (Å²) >= 11 is 5.91. The van der Waals surface area contributed by atoms with Gasteiger partial charge in [-0.2, -0.15) is 31.8 Å². The summed E-state index contributed by atoms with van der Waals surface area (Å²) in [6, 6.07) is 8.16. The number of aryl methyl sites for hydroxylation is 1. The molecule has 16 nitrogen and oxygen atoms in total. The van der Waals surface area contributed by atoms with Crippen LogP contribution in [0.1, 0.15) is 5.69 Å². The van der Waals surface area contributed by atoms with Gasteiger partial charge in [0.15, 0.2) is 5.69 Å². The first-order valence-corrected chi connectivity index (χ1v) is 14.4. The number of H-pyrrole nitrogens is 1. The summed E-state index contributed by atoms with van der Waals surface area (Å²) in [6.45, 7) is 5.12. The summed E-state index contributed by atoms with van der Waals surface area (Å²) in [5.74, 6) is -0.0593. The second-order valence-electron chi connectivity index (χ2n) is 7.99. The molecule has 19 heteroatoms. The van der Waals surface area contributed by atoms with E-state index in [2.05, 4.69) is 42.2 Å². The second-order valence-corrected chi connectivity index (χ2v) is 11.1. The largest absolute Gasteiger partial charge is 0.459 e. The molecule has 4 N–H and O–H groups in total. The van der Waals surface area contributed by atoms with E-state index in [9.17, 15) is 26.2 Å². The molecule has 0 aliphatic heterocycles. The van der Waals surface area contributed by atoms with Crippen LogP contribution >= 0.6 is 11.6 Å².